The van der Waals surface area contributed by atoms with Gasteiger partial charge in [-0.2, -0.15) is 0 Å². The number of nitrogens with one attached hydrogen (secondary N) is 1. The molecule has 0 saturated heterocycles. The van der Waals surface area contributed by atoms with E-state index in [2.05, 4.69) is 5.32 Å². The minimum absolute atomic E-state index is 0.0558. The molecule has 0 amide bonds. The summed E-state index contributed by atoms with van der Waals surface area (Å²) in [4.78, 5) is 0. The molecule has 1 unspecified atom stereocenters. The van der Waals surface area contributed by atoms with E-state index in [9.17, 15) is 9.50 Å². The average molecular weight is 294 g/mol. The van der Waals surface area contributed by atoms with Crippen LogP contribution in [0.3, 0.4) is 0 Å². The van der Waals surface area contributed by atoms with E-state index in [4.69, 9.17) is 11.6 Å². The van der Waals surface area contributed by atoms with E-state index in [-0.39, 0.29) is 17.6 Å². The Hall–Kier alpha value is -1.58. The van der Waals surface area contributed by atoms with Gasteiger partial charge < -0.3 is 10.4 Å². The molecule has 0 aliphatic heterocycles. The summed E-state index contributed by atoms with van der Waals surface area (Å²) >= 11 is 6.03. The van der Waals surface area contributed by atoms with E-state index in [0.717, 1.165) is 24.1 Å². The predicted octanol–water partition coefficient (Wildman–Crippen LogP) is 4.08. The molecule has 20 heavy (non-hydrogen) atoms. The van der Waals surface area contributed by atoms with Crippen LogP contribution in [0.4, 0.5) is 4.39 Å². The summed E-state index contributed by atoms with van der Waals surface area (Å²) in [7, 11) is 0. The Morgan fingerprint density at radius 1 is 1.20 bits per heavy atom. The zero-order chi connectivity index (χ0) is 14.5. The predicted molar refractivity (Wildman–Crippen MR) is 79.6 cm³/mol. The van der Waals surface area contributed by atoms with Crippen LogP contribution in [0.25, 0.3) is 0 Å². The molecule has 0 saturated carbocycles. The summed E-state index contributed by atoms with van der Waals surface area (Å²) in [5.74, 6) is -0.0526. The number of hydrogen-bond donors (Lipinski definition) is 2. The van der Waals surface area contributed by atoms with Gasteiger partial charge in [0.2, 0.25) is 0 Å². The number of hydrogen-bond acceptors (Lipinski definition) is 2. The van der Waals surface area contributed by atoms with Crippen LogP contribution < -0.4 is 5.32 Å². The first-order chi connectivity index (χ1) is 9.56. The quantitative estimate of drug-likeness (QED) is 0.871. The molecule has 0 aliphatic rings. The van der Waals surface area contributed by atoms with E-state index < -0.39 is 0 Å². The Balaban J connectivity index is 1.88. The third-order valence-electron chi connectivity index (χ3n) is 3.23. The number of phenols is 1. The fraction of sp³-hybridized carbons (Fsp3) is 0.250. The zero-order valence-electron chi connectivity index (χ0n) is 11.2. The summed E-state index contributed by atoms with van der Waals surface area (Å²) in [6.45, 7) is 2.77. The summed E-state index contributed by atoms with van der Waals surface area (Å²) < 4.78 is 13.0. The van der Waals surface area contributed by atoms with Crippen molar-refractivity contribution in [1.82, 2.24) is 5.32 Å². The molecule has 0 heterocycles. The van der Waals surface area contributed by atoms with Gasteiger partial charge >= 0.3 is 0 Å². The largest absolute Gasteiger partial charge is 0.508 e. The fourth-order valence-corrected chi connectivity index (χ4v) is 2.39. The molecule has 2 N–H and O–H groups in total. The number of aromatic hydroxyl groups is 1. The molecule has 2 aromatic rings. The Morgan fingerprint density at radius 2 is 1.90 bits per heavy atom. The third kappa shape index (κ3) is 3.95. The van der Waals surface area contributed by atoms with Gasteiger partial charge in [-0.1, -0.05) is 29.8 Å². The van der Waals surface area contributed by atoms with Gasteiger partial charge in [-0.15, -0.1) is 0 Å². The SMILES string of the molecule is CC(NCCc1ccc(O)cc1)c1ccc(F)cc1Cl. The van der Waals surface area contributed by atoms with Gasteiger partial charge in [0, 0.05) is 11.1 Å². The molecule has 0 aromatic heterocycles. The zero-order valence-corrected chi connectivity index (χ0v) is 12.0. The van der Waals surface area contributed by atoms with Crippen LogP contribution in [0.2, 0.25) is 5.02 Å². The summed E-state index contributed by atoms with van der Waals surface area (Å²) in [5.41, 5.74) is 2.03. The van der Waals surface area contributed by atoms with Crippen molar-refractivity contribution >= 4 is 11.6 Å². The van der Waals surface area contributed by atoms with Gasteiger partial charge in [0.05, 0.1) is 0 Å². The van der Waals surface area contributed by atoms with Crippen molar-refractivity contribution in [3.8, 4) is 5.75 Å². The maximum atomic E-state index is 13.0. The van der Waals surface area contributed by atoms with Crippen molar-refractivity contribution < 1.29 is 9.50 Å². The van der Waals surface area contributed by atoms with Gasteiger partial charge in [-0.05, 0) is 55.3 Å². The number of benzene rings is 2. The number of phenolic OH excluding ortho intramolecular Hbond substituents is 1. The molecule has 0 radical (unpaired) electrons. The molecular formula is C16H17ClFNO. The second kappa shape index (κ2) is 6.73. The Labute approximate surface area is 123 Å². The van der Waals surface area contributed by atoms with Gasteiger partial charge in [0.25, 0.3) is 0 Å². The smallest absolute Gasteiger partial charge is 0.124 e. The van der Waals surface area contributed by atoms with Crippen LogP contribution in [0.5, 0.6) is 5.75 Å². The second-order valence-corrected chi connectivity index (χ2v) is 5.17. The van der Waals surface area contributed by atoms with Crippen molar-refractivity contribution in [3.63, 3.8) is 0 Å². The fourth-order valence-electron chi connectivity index (χ4n) is 2.06. The minimum atomic E-state index is -0.324. The molecule has 1 atom stereocenters. The van der Waals surface area contributed by atoms with Gasteiger partial charge in [0.1, 0.15) is 11.6 Å². The molecular weight excluding hydrogens is 277 g/mol. The van der Waals surface area contributed by atoms with Crippen molar-refractivity contribution in [2.24, 2.45) is 0 Å². The molecule has 0 bridgehead atoms. The molecule has 0 spiro atoms. The molecule has 4 heteroatoms. The topological polar surface area (TPSA) is 32.3 Å². The van der Waals surface area contributed by atoms with Gasteiger partial charge in [-0.25, -0.2) is 4.39 Å². The van der Waals surface area contributed by atoms with E-state index in [0.29, 0.717) is 5.02 Å². The first kappa shape index (κ1) is 14.8. The first-order valence-electron chi connectivity index (χ1n) is 6.52. The molecule has 106 valence electrons. The highest BCUT2D eigenvalue weighted by Gasteiger charge is 2.09. The van der Waals surface area contributed by atoms with E-state index >= 15 is 0 Å². The summed E-state index contributed by atoms with van der Waals surface area (Å²) in [5, 5.41) is 13.0. The maximum Gasteiger partial charge on any atom is 0.124 e. The van der Waals surface area contributed by atoms with E-state index in [1.54, 1.807) is 18.2 Å². The normalized spacial score (nSPS) is 12.3. The number of rotatable bonds is 5. The lowest BCUT2D eigenvalue weighted by Gasteiger charge is -2.15. The Bertz CT molecular complexity index is 571. The van der Waals surface area contributed by atoms with Crippen LogP contribution in [0.15, 0.2) is 42.5 Å². The third-order valence-corrected chi connectivity index (χ3v) is 3.56. The van der Waals surface area contributed by atoms with Crippen molar-refractivity contribution in [2.45, 2.75) is 19.4 Å². The first-order valence-corrected chi connectivity index (χ1v) is 6.90. The monoisotopic (exact) mass is 293 g/mol. The van der Waals surface area contributed by atoms with Crippen LogP contribution in [0, 0.1) is 5.82 Å². The van der Waals surface area contributed by atoms with Crippen molar-refractivity contribution in [2.75, 3.05) is 6.54 Å². The standard InChI is InChI=1S/C16H17ClFNO/c1-11(15-7-4-13(18)10-16(15)17)19-9-8-12-2-5-14(20)6-3-12/h2-7,10-11,19-20H,8-9H2,1H3. The maximum absolute atomic E-state index is 13.0. The Kier molecular flexibility index (Phi) is 4.99. The van der Waals surface area contributed by atoms with Crippen LogP contribution in [0.1, 0.15) is 24.1 Å². The highest BCUT2D eigenvalue weighted by Crippen LogP contribution is 2.23. The lowest BCUT2D eigenvalue weighted by molar-refractivity contribution is 0.475. The minimum Gasteiger partial charge on any atom is -0.508 e. The number of halogens is 2. The highest BCUT2D eigenvalue weighted by atomic mass is 35.5. The van der Waals surface area contributed by atoms with Gasteiger partial charge in [0.15, 0.2) is 0 Å². The average Bonchev–Trinajstić information content (AvgIpc) is 2.41. The van der Waals surface area contributed by atoms with Crippen LogP contribution >= 0.6 is 11.6 Å². The molecule has 0 fully saturated rings. The Morgan fingerprint density at radius 3 is 2.55 bits per heavy atom. The molecule has 2 rings (SSSR count). The summed E-state index contributed by atoms with van der Waals surface area (Å²) in [6, 6.07) is 11.6. The van der Waals surface area contributed by atoms with E-state index in [1.807, 2.05) is 19.1 Å². The van der Waals surface area contributed by atoms with Crippen LogP contribution in [-0.4, -0.2) is 11.7 Å². The lowest BCUT2D eigenvalue weighted by Crippen LogP contribution is -2.21. The molecule has 0 aliphatic carbocycles. The molecule has 2 nitrogen and oxygen atoms in total. The lowest BCUT2D eigenvalue weighted by atomic mass is 10.1. The van der Waals surface area contributed by atoms with Crippen molar-refractivity contribution in [1.29, 1.82) is 0 Å². The highest BCUT2D eigenvalue weighted by molar-refractivity contribution is 6.31. The second-order valence-electron chi connectivity index (χ2n) is 4.76. The van der Waals surface area contributed by atoms with Gasteiger partial charge in [-0.3, -0.25) is 0 Å². The van der Waals surface area contributed by atoms with Crippen LogP contribution in [-0.2, 0) is 6.42 Å². The van der Waals surface area contributed by atoms with E-state index in [1.165, 1.54) is 12.1 Å². The molecule has 2 aromatic carbocycles. The summed E-state index contributed by atoms with van der Waals surface area (Å²) in [6.07, 6.45) is 0.851. The van der Waals surface area contributed by atoms with Crippen molar-refractivity contribution in [3.05, 3.63) is 64.4 Å².